The smallest absolute Gasteiger partial charge is 0.224 e. The maximum atomic E-state index is 11.9. The zero-order chi connectivity index (χ0) is 18.3. The number of thiophene rings is 1. The van der Waals surface area contributed by atoms with E-state index < -0.39 is 0 Å². The van der Waals surface area contributed by atoms with Crippen molar-refractivity contribution in [1.29, 1.82) is 5.26 Å². The summed E-state index contributed by atoms with van der Waals surface area (Å²) >= 11 is 1.28. The first-order valence-corrected chi connectivity index (χ1v) is 9.01. The second kappa shape index (κ2) is 6.28. The minimum atomic E-state index is -0.0898. The second-order valence-corrected chi connectivity index (χ2v) is 7.21. The number of carbonyl (C=O) groups is 1. The first-order chi connectivity index (χ1) is 12.6. The molecule has 0 spiro atoms. The molecule has 0 atom stereocenters. The SMILES string of the molecule is CC(=O)c1sc2nc(NC3CC3)nc(-c3cccc(NC#N)c3)c2c1N. The van der Waals surface area contributed by atoms with Crippen molar-refractivity contribution in [2.24, 2.45) is 0 Å². The Hall–Kier alpha value is -3.18. The first kappa shape index (κ1) is 16.3. The van der Waals surface area contributed by atoms with Crippen LogP contribution in [-0.2, 0) is 0 Å². The van der Waals surface area contributed by atoms with Crippen LogP contribution in [0.25, 0.3) is 21.5 Å². The molecule has 2 aromatic heterocycles. The molecule has 0 aliphatic heterocycles. The van der Waals surface area contributed by atoms with E-state index in [0.717, 1.165) is 18.4 Å². The van der Waals surface area contributed by atoms with E-state index in [1.807, 2.05) is 24.4 Å². The van der Waals surface area contributed by atoms with Gasteiger partial charge in [-0.3, -0.25) is 10.1 Å². The third-order valence-electron chi connectivity index (χ3n) is 4.16. The summed E-state index contributed by atoms with van der Waals surface area (Å²) in [5, 5.41) is 15.5. The number of anilines is 3. The molecule has 1 aliphatic rings. The zero-order valence-electron chi connectivity index (χ0n) is 14.0. The molecule has 0 saturated heterocycles. The molecule has 0 radical (unpaired) electrons. The highest BCUT2D eigenvalue weighted by molar-refractivity contribution is 7.21. The fourth-order valence-corrected chi connectivity index (χ4v) is 3.77. The Labute approximate surface area is 153 Å². The first-order valence-electron chi connectivity index (χ1n) is 8.20. The lowest BCUT2D eigenvalue weighted by molar-refractivity contribution is 0.102. The summed E-state index contributed by atoms with van der Waals surface area (Å²) in [5.41, 5.74) is 8.78. The summed E-state index contributed by atoms with van der Waals surface area (Å²) in [5.74, 6) is 0.443. The van der Waals surface area contributed by atoms with E-state index >= 15 is 0 Å². The number of aromatic nitrogens is 2. The molecule has 1 saturated carbocycles. The van der Waals surface area contributed by atoms with E-state index in [0.29, 0.717) is 44.2 Å². The Morgan fingerprint density at radius 2 is 2.19 bits per heavy atom. The Morgan fingerprint density at radius 1 is 1.38 bits per heavy atom. The van der Waals surface area contributed by atoms with Gasteiger partial charge in [0.1, 0.15) is 4.83 Å². The van der Waals surface area contributed by atoms with Gasteiger partial charge in [-0.25, -0.2) is 9.97 Å². The fourth-order valence-electron chi connectivity index (χ4n) is 2.78. The van der Waals surface area contributed by atoms with E-state index in [1.165, 1.54) is 18.3 Å². The van der Waals surface area contributed by atoms with Crippen LogP contribution in [0.1, 0.15) is 29.4 Å². The minimum Gasteiger partial charge on any atom is -0.397 e. The average molecular weight is 364 g/mol. The van der Waals surface area contributed by atoms with Gasteiger partial charge in [0.2, 0.25) is 5.95 Å². The normalized spacial score (nSPS) is 13.4. The van der Waals surface area contributed by atoms with E-state index in [2.05, 4.69) is 20.6 Å². The van der Waals surface area contributed by atoms with Gasteiger partial charge in [-0.2, -0.15) is 5.26 Å². The molecule has 0 bridgehead atoms. The number of Topliss-reactive ketones (excluding diaryl/α,β-unsaturated/α-hetero) is 1. The summed E-state index contributed by atoms with van der Waals surface area (Å²) in [6, 6.07) is 7.76. The maximum absolute atomic E-state index is 11.9. The van der Waals surface area contributed by atoms with Crippen LogP contribution < -0.4 is 16.4 Å². The minimum absolute atomic E-state index is 0.0898. The average Bonchev–Trinajstić information content (AvgIpc) is 3.36. The fraction of sp³-hybridized carbons (Fsp3) is 0.222. The van der Waals surface area contributed by atoms with Crippen LogP contribution in [0.4, 0.5) is 17.3 Å². The number of carbonyl (C=O) groups excluding carboxylic acids is 1. The van der Waals surface area contributed by atoms with Crippen molar-refractivity contribution in [1.82, 2.24) is 9.97 Å². The molecule has 1 aliphatic carbocycles. The van der Waals surface area contributed by atoms with Crippen molar-refractivity contribution >= 4 is 44.7 Å². The molecule has 1 fully saturated rings. The van der Waals surface area contributed by atoms with Gasteiger partial charge in [0.05, 0.1) is 21.6 Å². The van der Waals surface area contributed by atoms with Crippen molar-refractivity contribution in [2.75, 3.05) is 16.4 Å². The zero-order valence-corrected chi connectivity index (χ0v) is 14.9. The second-order valence-electron chi connectivity index (χ2n) is 6.21. The number of rotatable bonds is 5. The Balaban J connectivity index is 1.94. The number of ketones is 1. The van der Waals surface area contributed by atoms with Crippen molar-refractivity contribution in [3.8, 4) is 17.5 Å². The molecular formula is C18H16N6OS. The number of benzene rings is 1. The summed E-state index contributed by atoms with van der Waals surface area (Å²) in [7, 11) is 0. The summed E-state index contributed by atoms with van der Waals surface area (Å²) in [6.07, 6.45) is 4.12. The molecule has 4 N–H and O–H groups in total. The quantitative estimate of drug-likeness (QED) is 0.360. The number of nitrogens with two attached hydrogens (primary N) is 1. The van der Waals surface area contributed by atoms with E-state index in [4.69, 9.17) is 11.0 Å². The van der Waals surface area contributed by atoms with Gasteiger partial charge in [0, 0.05) is 24.2 Å². The number of hydrogen-bond donors (Lipinski definition) is 3. The molecule has 3 aromatic rings. The number of nitrogens with one attached hydrogen (secondary N) is 2. The standard InChI is InChI=1S/C18H16N6OS/c1-9(25)16-14(20)13-15(10-3-2-4-12(7-10)21-8-19)23-18(22-11-5-6-11)24-17(13)26-16/h2-4,7,11,21H,5-6,20H2,1H3,(H,22,23,24). The molecule has 0 unspecified atom stereocenters. The summed E-state index contributed by atoms with van der Waals surface area (Å²) < 4.78 is 0. The van der Waals surface area contributed by atoms with Gasteiger partial charge >= 0.3 is 0 Å². The molecule has 26 heavy (non-hydrogen) atoms. The van der Waals surface area contributed by atoms with Gasteiger partial charge < -0.3 is 11.1 Å². The van der Waals surface area contributed by atoms with Crippen molar-refractivity contribution in [2.45, 2.75) is 25.8 Å². The van der Waals surface area contributed by atoms with Crippen LogP contribution in [0.3, 0.4) is 0 Å². The molecule has 2 heterocycles. The predicted molar refractivity (Wildman–Crippen MR) is 103 cm³/mol. The molecule has 7 nitrogen and oxygen atoms in total. The van der Waals surface area contributed by atoms with E-state index in [-0.39, 0.29) is 5.78 Å². The van der Waals surface area contributed by atoms with Crippen molar-refractivity contribution in [3.05, 3.63) is 29.1 Å². The lowest BCUT2D eigenvalue weighted by Crippen LogP contribution is -2.06. The molecule has 130 valence electrons. The molecule has 4 rings (SSSR count). The number of nitriles is 1. The van der Waals surface area contributed by atoms with Gasteiger partial charge in [-0.1, -0.05) is 12.1 Å². The lowest BCUT2D eigenvalue weighted by Gasteiger charge is -2.09. The Bertz CT molecular complexity index is 1060. The topological polar surface area (TPSA) is 117 Å². The molecular weight excluding hydrogens is 348 g/mol. The Morgan fingerprint density at radius 3 is 2.88 bits per heavy atom. The monoisotopic (exact) mass is 364 g/mol. The van der Waals surface area contributed by atoms with Gasteiger partial charge in [-0.15, -0.1) is 11.3 Å². The molecule has 0 amide bonds. The summed E-state index contributed by atoms with van der Waals surface area (Å²) in [4.78, 5) is 22.3. The van der Waals surface area contributed by atoms with E-state index in [9.17, 15) is 4.79 Å². The van der Waals surface area contributed by atoms with Crippen LogP contribution in [0, 0.1) is 11.5 Å². The number of fused-ring (bicyclic) bond motifs is 1. The van der Waals surface area contributed by atoms with E-state index in [1.54, 1.807) is 6.07 Å². The van der Waals surface area contributed by atoms with Gasteiger partial charge in [0.25, 0.3) is 0 Å². The number of nitrogen functional groups attached to an aromatic ring is 1. The highest BCUT2D eigenvalue weighted by Crippen LogP contribution is 2.40. The van der Waals surface area contributed by atoms with Crippen LogP contribution in [0.2, 0.25) is 0 Å². The Kier molecular flexibility index (Phi) is 3.93. The number of hydrogen-bond acceptors (Lipinski definition) is 8. The van der Waals surface area contributed by atoms with Gasteiger partial charge in [0.15, 0.2) is 12.0 Å². The largest absolute Gasteiger partial charge is 0.397 e. The van der Waals surface area contributed by atoms with Crippen LogP contribution >= 0.6 is 11.3 Å². The lowest BCUT2D eigenvalue weighted by atomic mass is 10.1. The summed E-state index contributed by atoms with van der Waals surface area (Å²) in [6.45, 7) is 1.50. The van der Waals surface area contributed by atoms with Crippen molar-refractivity contribution in [3.63, 3.8) is 0 Å². The van der Waals surface area contributed by atoms with Gasteiger partial charge in [-0.05, 0) is 25.0 Å². The van der Waals surface area contributed by atoms with Crippen LogP contribution in [0.15, 0.2) is 24.3 Å². The molecule has 1 aromatic carbocycles. The maximum Gasteiger partial charge on any atom is 0.224 e. The third-order valence-corrected chi connectivity index (χ3v) is 5.36. The number of nitrogens with zero attached hydrogens (tertiary/aromatic N) is 3. The van der Waals surface area contributed by atoms with Crippen LogP contribution in [0.5, 0.6) is 0 Å². The van der Waals surface area contributed by atoms with Crippen molar-refractivity contribution < 1.29 is 4.79 Å². The molecule has 8 heteroatoms. The third kappa shape index (κ3) is 2.93. The highest BCUT2D eigenvalue weighted by atomic mass is 32.1. The highest BCUT2D eigenvalue weighted by Gasteiger charge is 2.25. The predicted octanol–water partition coefficient (Wildman–Crippen LogP) is 3.61. The van der Waals surface area contributed by atoms with Crippen LogP contribution in [-0.4, -0.2) is 21.8 Å².